The molecule has 7 heteroatoms. The molecule has 0 unspecified atom stereocenters. The van der Waals surface area contributed by atoms with Gasteiger partial charge >= 0.3 is 5.97 Å². The summed E-state index contributed by atoms with van der Waals surface area (Å²) in [7, 11) is 0. The molecular formula is C9H12N2O4S. The molecule has 16 heavy (non-hydrogen) atoms. The number of hydrogen-bond acceptors (Lipinski definition) is 5. The molecule has 88 valence electrons. The van der Waals surface area contributed by atoms with Crippen LogP contribution in [-0.4, -0.2) is 39.2 Å². The summed E-state index contributed by atoms with van der Waals surface area (Å²) in [4.78, 5) is 25.6. The Bertz CT molecular complexity index is 408. The van der Waals surface area contributed by atoms with Crippen LogP contribution in [-0.2, 0) is 0 Å². The summed E-state index contributed by atoms with van der Waals surface area (Å²) in [5.41, 5.74) is -1.17. The van der Waals surface area contributed by atoms with E-state index in [4.69, 9.17) is 5.11 Å². The zero-order valence-electron chi connectivity index (χ0n) is 8.85. The minimum absolute atomic E-state index is 0.0710. The van der Waals surface area contributed by atoms with Crippen molar-refractivity contribution in [3.8, 4) is 0 Å². The van der Waals surface area contributed by atoms with Gasteiger partial charge in [0.1, 0.15) is 0 Å². The van der Waals surface area contributed by atoms with Crippen molar-refractivity contribution in [3.63, 3.8) is 0 Å². The molecule has 3 N–H and O–H groups in total. The number of aromatic carboxylic acids is 1. The van der Waals surface area contributed by atoms with Crippen LogP contribution in [0.4, 0.5) is 0 Å². The Morgan fingerprint density at radius 1 is 1.56 bits per heavy atom. The fourth-order valence-electron chi connectivity index (χ4n) is 0.848. The van der Waals surface area contributed by atoms with Gasteiger partial charge in [0, 0.05) is 11.9 Å². The fourth-order valence-corrected chi connectivity index (χ4v) is 1.56. The highest BCUT2D eigenvalue weighted by molar-refractivity contribution is 7.11. The zero-order valence-corrected chi connectivity index (χ0v) is 9.67. The molecule has 0 fully saturated rings. The van der Waals surface area contributed by atoms with Crippen LogP contribution in [0.25, 0.3) is 0 Å². The number of nitrogens with zero attached hydrogens (tertiary/aromatic N) is 1. The lowest BCUT2D eigenvalue weighted by Crippen LogP contribution is -2.38. The zero-order chi connectivity index (χ0) is 12.3. The van der Waals surface area contributed by atoms with E-state index in [1.165, 1.54) is 5.38 Å². The highest BCUT2D eigenvalue weighted by atomic mass is 32.1. The molecule has 0 aliphatic rings. The van der Waals surface area contributed by atoms with Crippen LogP contribution in [0.2, 0.25) is 0 Å². The van der Waals surface area contributed by atoms with Crippen molar-refractivity contribution in [1.29, 1.82) is 0 Å². The molecule has 1 aromatic heterocycles. The van der Waals surface area contributed by atoms with Gasteiger partial charge in [0.05, 0.1) is 5.60 Å². The third-order valence-electron chi connectivity index (χ3n) is 1.60. The first-order chi connectivity index (χ1) is 7.29. The predicted molar refractivity (Wildman–Crippen MR) is 57.7 cm³/mol. The number of carboxylic acid groups (broad SMARTS) is 1. The van der Waals surface area contributed by atoms with Crippen LogP contribution in [0.15, 0.2) is 5.38 Å². The Labute approximate surface area is 95.9 Å². The fraction of sp³-hybridized carbons (Fsp3) is 0.444. The first kappa shape index (κ1) is 12.6. The van der Waals surface area contributed by atoms with Crippen LogP contribution < -0.4 is 5.32 Å². The van der Waals surface area contributed by atoms with Gasteiger partial charge < -0.3 is 15.5 Å². The van der Waals surface area contributed by atoms with E-state index in [1.807, 2.05) is 0 Å². The van der Waals surface area contributed by atoms with Gasteiger partial charge in [-0.1, -0.05) is 0 Å². The van der Waals surface area contributed by atoms with Crippen LogP contribution in [0.3, 0.4) is 0 Å². The summed E-state index contributed by atoms with van der Waals surface area (Å²) in [6, 6.07) is 0. The summed E-state index contributed by atoms with van der Waals surface area (Å²) in [6.45, 7) is 3.18. The maximum Gasteiger partial charge on any atom is 0.355 e. The monoisotopic (exact) mass is 244 g/mol. The number of nitrogens with one attached hydrogen (secondary N) is 1. The van der Waals surface area contributed by atoms with Gasteiger partial charge in [-0.25, -0.2) is 9.78 Å². The molecule has 0 aliphatic heterocycles. The number of aliphatic hydroxyl groups is 1. The molecule has 1 rings (SSSR count). The van der Waals surface area contributed by atoms with Crippen LogP contribution in [0.1, 0.15) is 34.1 Å². The van der Waals surface area contributed by atoms with E-state index < -0.39 is 17.5 Å². The van der Waals surface area contributed by atoms with E-state index >= 15 is 0 Å². The Hall–Kier alpha value is -1.47. The van der Waals surface area contributed by atoms with Gasteiger partial charge in [-0.05, 0) is 13.8 Å². The second-order valence-electron chi connectivity index (χ2n) is 3.84. The van der Waals surface area contributed by atoms with E-state index in [2.05, 4.69) is 10.3 Å². The molecule has 6 nitrogen and oxygen atoms in total. The SMILES string of the molecule is CC(C)(O)CNC(=O)c1nc(C(=O)O)cs1. The van der Waals surface area contributed by atoms with E-state index in [0.29, 0.717) is 0 Å². The molecule has 0 radical (unpaired) electrons. The highest BCUT2D eigenvalue weighted by Crippen LogP contribution is 2.09. The molecular weight excluding hydrogens is 232 g/mol. The lowest BCUT2D eigenvalue weighted by molar-refractivity contribution is 0.0683. The molecule has 0 bridgehead atoms. The van der Waals surface area contributed by atoms with Crippen molar-refractivity contribution in [2.24, 2.45) is 0 Å². The number of thiazole rings is 1. The smallest absolute Gasteiger partial charge is 0.355 e. The highest BCUT2D eigenvalue weighted by Gasteiger charge is 2.18. The first-order valence-electron chi connectivity index (χ1n) is 4.49. The Kier molecular flexibility index (Phi) is 3.61. The van der Waals surface area contributed by atoms with Gasteiger partial charge in [0.25, 0.3) is 5.91 Å². The quantitative estimate of drug-likeness (QED) is 0.709. The minimum atomic E-state index is -1.17. The number of carbonyl (C=O) groups is 2. The largest absolute Gasteiger partial charge is 0.476 e. The second kappa shape index (κ2) is 4.58. The summed E-state index contributed by atoms with van der Waals surface area (Å²) in [5.74, 6) is -1.66. The van der Waals surface area contributed by atoms with Gasteiger partial charge in [0.15, 0.2) is 10.7 Å². The minimum Gasteiger partial charge on any atom is -0.476 e. The van der Waals surface area contributed by atoms with E-state index in [0.717, 1.165) is 11.3 Å². The van der Waals surface area contributed by atoms with Crippen LogP contribution in [0, 0.1) is 0 Å². The van der Waals surface area contributed by atoms with Crippen molar-refractivity contribution in [3.05, 3.63) is 16.1 Å². The Morgan fingerprint density at radius 3 is 2.62 bits per heavy atom. The average Bonchev–Trinajstić information content (AvgIpc) is 2.61. The Morgan fingerprint density at radius 2 is 2.19 bits per heavy atom. The molecule has 0 aliphatic carbocycles. The molecule has 1 aromatic rings. The lowest BCUT2D eigenvalue weighted by atomic mass is 10.1. The Balaban J connectivity index is 2.63. The van der Waals surface area contributed by atoms with E-state index in [9.17, 15) is 14.7 Å². The number of aromatic nitrogens is 1. The third kappa shape index (κ3) is 3.59. The molecule has 0 spiro atoms. The van der Waals surface area contributed by atoms with E-state index in [-0.39, 0.29) is 17.2 Å². The third-order valence-corrected chi connectivity index (χ3v) is 2.44. The van der Waals surface area contributed by atoms with Crippen LogP contribution >= 0.6 is 11.3 Å². The molecule has 0 aromatic carbocycles. The maximum atomic E-state index is 11.5. The van der Waals surface area contributed by atoms with Crippen molar-refractivity contribution in [2.75, 3.05) is 6.54 Å². The van der Waals surface area contributed by atoms with Crippen LogP contribution in [0.5, 0.6) is 0 Å². The normalized spacial score (nSPS) is 11.2. The maximum absolute atomic E-state index is 11.5. The average molecular weight is 244 g/mol. The number of hydrogen-bond donors (Lipinski definition) is 3. The number of amides is 1. The molecule has 0 atom stereocenters. The summed E-state index contributed by atoms with van der Waals surface area (Å²) in [5, 5.41) is 21.8. The van der Waals surface area contributed by atoms with Gasteiger partial charge in [-0.2, -0.15) is 0 Å². The van der Waals surface area contributed by atoms with Gasteiger partial charge in [-0.15, -0.1) is 11.3 Å². The molecule has 0 saturated carbocycles. The predicted octanol–water partition coefficient (Wildman–Crippen LogP) is 0.342. The summed E-state index contributed by atoms with van der Waals surface area (Å²) in [6.07, 6.45) is 0. The summed E-state index contributed by atoms with van der Waals surface area (Å²) < 4.78 is 0. The topological polar surface area (TPSA) is 99.5 Å². The molecule has 1 amide bonds. The van der Waals surface area contributed by atoms with Crippen molar-refractivity contribution in [1.82, 2.24) is 10.3 Å². The standard InChI is InChI=1S/C9H12N2O4S/c1-9(2,15)4-10-6(12)7-11-5(3-16-7)8(13)14/h3,15H,4H2,1-2H3,(H,10,12)(H,13,14). The number of carboxylic acids is 1. The van der Waals surface area contributed by atoms with Crippen molar-refractivity contribution in [2.45, 2.75) is 19.4 Å². The number of rotatable bonds is 4. The second-order valence-corrected chi connectivity index (χ2v) is 4.70. The van der Waals surface area contributed by atoms with E-state index in [1.54, 1.807) is 13.8 Å². The number of carbonyl (C=O) groups excluding carboxylic acids is 1. The summed E-state index contributed by atoms with van der Waals surface area (Å²) >= 11 is 0.951. The first-order valence-corrected chi connectivity index (χ1v) is 5.37. The van der Waals surface area contributed by atoms with Gasteiger partial charge in [0.2, 0.25) is 0 Å². The lowest BCUT2D eigenvalue weighted by Gasteiger charge is -2.16. The van der Waals surface area contributed by atoms with Gasteiger partial charge in [-0.3, -0.25) is 4.79 Å². The van der Waals surface area contributed by atoms with Crippen molar-refractivity contribution < 1.29 is 19.8 Å². The van der Waals surface area contributed by atoms with Crippen molar-refractivity contribution >= 4 is 23.2 Å². The molecule has 1 heterocycles. The molecule has 0 saturated heterocycles.